The van der Waals surface area contributed by atoms with E-state index in [4.69, 9.17) is 4.74 Å². The molecule has 0 saturated heterocycles. The number of nitrogens with one attached hydrogen (secondary N) is 1. The van der Waals surface area contributed by atoms with Crippen LogP contribution in [0.5, 0.6) is 5.75 Å². The number of thiophene rings is 1. The zero-order chi connectivity index (χ0) is 23.0. The number of carbonyl (C=O) groups is 2. The van der Waals surface area contributed by atoms with Crippen LogP contribution in [0.15, 0.2) is 41.8 Å². The molecule has 0 spiro atoms. The van der Waals surface area contributed by atoms with Gasteiger partial charge in [0.15, 0.2) is 0 Å². The van der Waals surface area contributed by atoms with Crippen LogP contribution in [0.4, 0.5) is 0 Å². The molecule has 2 aliphatic rings. The van der Waals surface area contributed by atoms with E-state index in [9.17, 15) is 9.59 Å². The molecule has 174 valence electrons. The number of nitrogens with zero attached hydrogens (tertiary/aromatic N) is 2. The zero-order valence-electron chi connectivity index (χ0n) is 19.3. The quantitative estimate of drug-likeness (QED) is 0.542. The molecule has 5 rings (SSSR count). The number of carbonyl (C=O) groups excluding carboxylic acids is 2. The van der Waals surface area contributed by atoms with Gasteiger partial charge in [0.25, 0.3) is 5.91 Å². The van der Waals surface area contributed by atoms with Crippen molar-refractivity contribution in [3.8, 4) is 5.75 Å². The second-order valence-corrected chi connectivity index (χ2v) is 10.4. The summed E-state index contributed by atoms with van der Waals surface area (Å²) >= 11 is 1.62. The maximum absolute atomic E-state index is 13.8. The molecular weight excluding hydrogens is 434 g/mol. The van der Waals surface area contributed by atoms with Gasteiger partial charge in [0.05, 0.1) is 23.9 Å². The van der Waals surface area contributed by atoms with E-state index in [1.807, 2.05) is 53.3 Å². The van der Waals surface area contributed by atoms with Gasteiger partial charge in [0.2, 0.25) is 5.91 Å². The average Bonchev–Trinajstić information content (AvgIpc) is 3.31. The molecular formula is C26H31N3O3S. The standard InChI is InChI=1S/C26H31N3O3S/c1-26(25(31)27-19-9-5-3-4-6-10-19)17-28-21-12-13-33-23(21)15-22(28)24(30)29(26)16-18-8-7-11-20(14-18)32-2/h7-8,11-15,19H,3-6,9-10,16-17H2,1-2H3,(H,27,31)/t26-/m0/s1. The van der Waals surface area contributed by atoms with Gasteiger partial charge in [0.1, 0.15) is 17.0 Å². The van der Waals surface area contributed by atoms with Gasteiger partial charge in [-0.05, 0) is 55.0 Å². The molecule has 1 aromatic carbocycles. The number of methoxy groups -OCH3 is 1. The third kappa shape index (κ3) is 4.03. The van der Waals surface area contributed by atoms with E-state index >= 15 is 0 Å². The van der Waals surface area contributed by atoms with Gasteiger partial charge in [-0.15, -0.1) is 11.3 Å². The van der Waals surface area contributed by atoms with Gasteiger partial charge in [0, 0.05) is 12.6 Å². The van der Waals surface area contributed by atoms with Crippen LogP contribution in [0.25, 0.3) is 10.2 Å². The van der Waals surface area contributed by atoms with Crippen molar-refractivity contribution in [3.63, 3.8) is 0 Å². The van der Waals surface area contributed by atoms with Crippen LogP contribution in [0, 0.1) is 0 Å². The predicted molar refractivity (Wildman–Crippen MR) is 131 cm³/mol. The van der Waals surface area contributed by atoms with E-state index < -0.39 is 5.54 Å². The normalized spacial score (nSPS) is 21.6. The Morgan fingerprint density at radius 3 is 2.73 bits per heavy atom. The SMILES string of the molecule is COc1cccc(CN2C(=O)c3cc4sccc4n3C[C@@]2(C)C(=O)NC2CCCCCC2)c1. The van der Waals surface area contributed by atoms with Gasteiger partial charge in [-0.2, -0.15) is 0 Å². The zero-order valence-corrected chi connectivity index (χ0v) is 20.1. The molecule has 3 aromatic rings. The van der Waals surface area contributed by atoms with E-state index in [1.54, 1.807) is 23.3 Å². The van der Waals surface area contributed by atoms with Crippen molar-refractivity contribution in [3.05, 3.63) is 53.0 Å². The first-order chi connectivity index (χ1) is 16.0. The number of aromatic nitrogens is 1. The van der Waals surface area contributed by atoms with Crippen molar-refractivity contribution >= 4 is 33.4 Å². The number of hydrogen-bond donors (Lipinski definition) is 1. The lowest BCUT2D eigenvalue weighted by atomic mass is 9.93. The highest BCUT2D eigenvalue weighted by atomic mass is 32.1. The molecule has 1 atom stereocenters. The summed E-state index contributed by atoms with van der Waals surface area (Å²) in [5.74, 6) is 0.574. The monoisotopic (exact) mass is 465 g/mol. The highest BCUT2D eigenvalue weighted by molar-refractivity contribution is 7.17. The number of rotatable bonds is 5. The minimum absolute atomic E-state index is 0.0617. The largest absolute Gasteiger partial charge is 0.497 e. The summed E-state index contributed by atoms with van der Waals surface area (Å²) in [6.07, 6.45) is 6.76. The first kappa shape index (κ1) is 22.0. The molecule has 0 bridgehead atoms. The molecule has 2 aromatic heterocycles. The third-order valence-corrected chi connectivity index (χ3v) is 8.06. The van der Waals surface area contributed by atoms with Crippen LogP contribution < -0.4 is 10.1 Å². The van der Waals surface area contributed by atoms with Crippen molar-refractivity contribution in [2.45, 2.75) is 70.1 Å². The van der Waals surface area contributed by atoms with E-state index in [1.165, 1.54) is 12.8 Å². The van der Waals surface area contributed by atoms with Gasteiger partial charge in [-0.25, -0.2) is 0 Å². The second-order valence-electron chi connectivity index (χ2n) is 9.46. The van der Waals surface area contributed by atoms with Crippen LogP contribution in [0.3, 0.4) is 0 Å². The Kier molecular flexibility index (Phi) is 5.91. The van der Waals surface area contributed by atoms with Crippen molar-refractivity contribution in [1.29, 1.82) is 0 Å². The Balaban J connectivity index is 1.51. The van der Waals surface area contributed by atoms with Gasteiger partial charge in [-0.3, -0.25) is 9.59 Å². The highest BCUT2D eigenvalue weighted by Gasteiger charge is 2.48. The molecule has 1 aliphatic heterocycles. The van der Waals surface area contributed by atoms with E-state index in [2.05, 4.69) is 5.32 Å². The number of ether oxygens (including phenoxy) is 1. The Morgan fingerprint density at radius 2 is 1.97 bits per heavy atom. The minimum atomic E-state index is -0.993. The van der Waals surface area contributed by atoms with Crippen molar-refractivity contribution < 1.29 is 14.3 Å². The first-order valence-corrected chi connectivity index (χ1v) is 12.7. The lowest BCUT2D eigenvalue weighted by molar-refractivity contribution is -0.134. The summed E-state index contributed by atoms with van der Waals surface area (Å²) in [4.78, 5) is 29.4. The minimum Gasteiger partial charge on any atom is -0.497 e. The number of hydrogen-bond acceptors (Lipinski definition) is 4. The number of benzene rings is 1. The summed E-state index contributed by atoms with van der Waals surface area (Å²) in [7, 11) is 1.63. The molecule has 33 heavy (non-hydrogen) atoms. The van der Waals surface area contributed by atoms with Crippen LogP contribution in [0.2, 0.25) is 0 Å². The summed E-state index contributed by atoms with van der Waals surface area (Å²) < 4.78 is 8.49. The average molecular weight is 466 g/mol. The maximum Gasteiger partial charge on any atom is 0.271 e. The van der Waals surface area contributed by atoms with Crippen molar-refractivity contribution in [1.82, 2.24) is 14.8 Å². The second kappa shape index (κ2) is 8.86. The number of fused-ring (bicyclic) bond motifs is 3. The van der Waals surface area contributed by atoms with Gasteiger partial charge in [-0.1, -0.05) is 37.8 Å². The molecule has 3 heterocycles. The fraction of sp³-hybridized carbons (Fsp3) is 0.462. The Labute approximate surface area is 198 Å². The smallest absolute Gasteiger partial charge is 0.271 e. The molecule has 0 radical (unpaired) electrons. The maximum atomic E-state index is 13.8. The first-order valence-electron chi connectivity index (χ1n) is 11.8. The fourth-order valence-corrected chi connectivity index (χ4v) is 6.06. The van der Waals surface area contributed by atoms with Crippen molar-refractivity contribution in [2.24, 2.45) is 0 Å². The third-order valence-electron chi connectivity index (χ3n) is 7.20. The summed E-state index contributed by atoms with van der Waals surface area (Å²) in [6.45, 7) is 2.71. The van der Waals surface area contributed by atoms with Crippen LogP contribution in [-0.2, 0) is 17.9 Å². The van der Waals surface area contributed by atoms with Gasteiger partial charge >= 0.3 is 0 Å². The number of amides is 2. The van der Waals surface area contributed by atoms with E-state index in [-0.39, 0.29) is 17.9 Å². The highest BCUT2D eigenvalue weighted by Crippen LogP contribution is 2.35. The molecule has 6 nitrogen and oxygen atoms in total. The Bertz CT molecular complexity index is 1170. The van der Waals surface area contributed by atoms with Crippen LogP contribution >= 0.6 is 11.3 Å². The molecule has 0 unspecified atom stereocenters. The molecule has 1 fully saturated rings. The molecule has 2 amide bonds. The van der Waals surface area contributed by atoms with Crippen LogP contribution in [-0.4, -0.2) is 40.0 Å². The Hall–Kier alpha value is -2.80. The van der Waals surface area contributed by atoms with Gasteiger partial charge < -0.3 is 19.5 Å². The summed E-state index contributed by atoms with van der Waals surface area (Å²) in [5, 5.41) is 5.36. The molecule has 7 heteroatoms. The summed E-state index contributed by atoms with van der Waals surface area (Å²) in [6, 6.07) is 11.9. The predicted octanol–water partition coefficient (Wildman–Crippen LogP) is 4.97. The lowest BCUT2D eigenvalue weighted by Crippen LogP contribution is -2.64. The van der Waals surface area contributed by atoms with E-state index in [0.29, 0.717) is 18.8 Å². The topological polar surface area (TPSA) is 63.6 Å². The lowest BCUT2D eigenvalue weighted by Gasteiger charge is -2.44. The molecule has 1 aliphatic carbocycles. The molecule has 1 saturated carbocycles. The Morgan fingerprint density at radius 1 is 1.18 bits per heavy atom. The fourth-order valence-electron chi connectivity index (χ4n) is 5.24. The summed E-state index contributed by atoms with van der Waals surface area (Å²) in [5.41, 5.74) is 1.63. The van der Waals surface area contributed by atoms with E-state index in [0.717, 1.165) is 47.2 Å². The van der Waals surface area contributed by atoms with Crippen molar-refractivity contribution in [2.75, 3.05) is 7.11 Å². The molecule has 1 N–H and O–H groups in total. The van der Waals surface area contributed by atoms with Crippen LogP contribution in [0.1, 0.15) is 61.5 Å².